The van der Waals surface area contributed by atoms with Gasteiger partial charge in [-0.2, -0.15) is 0 Å². The molecule has 1 aromatic carbocycles. The number of amides is 1. The minimum absolute atomic E-state index is 0.0680. The van der Waals surface area contributed by atoms with Crippen molar-refractivity contribution in [1.29, 1.82) is 0 Å². The number of nitrogens with zero attached hydrogens (tertiary/aromatic N) is 2. The van der Waals surface area contributed by atoms with E-state index in [9.17, 15) is 18.0 Å². The zero-order valence-electron chi connectivity index (χ0n) is 14.9. The number of thiazole rings is 1. The minimum atomic E-state index is -3.98. The van der Waals surface area contributed by atoms with Gasteiger partial charge in [0, 0.05) is 11.6 Å². The molecule has 29 heavy (non-hydrogen) atoms. The highest BCUT2D eigenvalue weighted by Crippen LogP contribution is 2.28. The molecule has 0 saturated heterocycles. The van der Waals surface area contributed by atoms with Crippen molar-refractivity contribution in [2.24, 2.45) is 0 Å². The highest BCUT2D eigenvalue weighted by molar-refractivity contribution is 7.90. The Kier molecular flexibility index (Phi) is 5.35. The lowest BCUT2D eigenvalue weighted by Crippen LogP contribution is -2.32. The van der Waals surface area contributed by atoms with Gasteiger partial charge >= 0.3 is 5.97 Å². The topological polar surface area (TPSA) is 107 Å². The van der Waals surface area contributed by atoms with Gasteiger partial charge in [-0.05, 0) is 11.6 Å². The maximum atomic E-state index is 12.3. The zero-order chi connectivity index (χ0) is 20.4. The van der Waals surface area contributed by atoms with Crippen LogP contribution in [-0.4, -0.2) is 35.4 Å². The predicted octanol–water partition coefficient (Wildman–Crippen LogP) is 2.80. The Morgan fingerprint density at radius 1 is 1.21 bits per heavy atom. The molecule has 8 nitrogen and oxygen atoms in total. The van der Waals surface area contributed by atoms with Gasteiger partial charge in [-0.1, -0.05) is 30.3 Å². The SMILES string of the molecule is O=C(CCS(=O)(=O)NC(=O)c1cc2c(nc3sccn32)s1)OCc1ccccc1. The number of aromatic nitrogens is 2. The number of hydrogen-bond acceptors (Lipinski definition) is 8. The quantitative estimate of drug-likeness (QED) is 0.435. The summed E-state index contributed by atoms with van der Waals surface area (Å²) >= 11 is 2.59. The van der Waals surface area contributed by atoms with Gasteiger partial charge in [-0.15, -0.1) is 22.7 Å². The summed E-state index contributed by atoms with van der Waals surface area (Å²) in [6.07, 6.45) is 1.49. The lowest BCUT2D eigenvalue weighted by atomic mass is 10.2. The van der Waals surface area contributed by atoms with Gasteiger partial charge in [0.1, 0.15) is 11.4 Å². The van der Waals surface area contributed by atoms with Crippen molar-refractivity contribution in [3.05, 3.63) is 58.4 Å². The number of nitrogens with one attached hydrogen (secondary N) is 1. The molecule has 0 bridgehead atoms. The van der Waals surface area contributed by atoms with Crippen LogP contribution >= 0.6 is 22.7 Å². The van der Waals surface area contributed by atoms with Crippen LogP contribution in [0.4, 0.5) is 0 Å². The number of esters is 1. The molecular weight excluding hydrogens is 434 g/mol. The Morgan fingerprint density at radius 3 is 2.79 bits per heavy atom. The maximum Gasteiger partial charge on any atom is 0.307 e. The molecule has 3 heterocycles. The smallest absolute Gasteiger partial charge is 0.307 e. The fourth-order valence-electron chi connectivity index (χ4n) is 2.63. The Labute approximate surface area is 173 Å². The number of carbonyl (C=O) groups excluding carboxylic acids is 2. The number of fused-ring (bicyclic) bond motifs is 3. The van der Waals surface area contributed by atoms with Crippen molar-refractivity contribution in [1.82, 2.24) is 14.1 Å². The molecule has 0 saturated carbocycles. The standard InChI is InChI=1S/C18H15N3O5S3/c22-15(26-11-12-4-2-1-3-5-12)6-9-29(24,25)20-16(23)14-10-13-17(28-14)19-18-21(13)7-8-27-18/h1-5,7-8,10H,6,9,11H2,(H,20,23). The van der Waals surface area contributed by atoms with E-state index in [1.807, 2.05) is 38.9 Å². The summed E-state index contributed by atoms with van der Waals surface area (Å²) in [5.74, 6) is -1.93. The van der Waals surface area contributed by atoms with Gasteiger partial charge in [0.25, 0.3) is 5.91 Å². The summed E-state index contributed by atoms with van der Waals surface area (Å²) < 4.78 is 33.2. The Hall–Kier alpha value is -2.76. The third-order valence-corrected chi connectivity index (χ3v) is 7.04. The van der Waals surface area contributed by atoms with Crippen LogP contribution in [0.3, 0.4) is 0 Å². The van der Waals surface area contributed by atoms with E-state index < -0.39 is 27.7 Å². The van der Waals surface area contributed by atoms with Crippen molar-refractivity contribution in [3.63, 3.8) is 0 Å². The summed E-state index contributed by atoms with van der Waals surface area (Å²) in [6, 6.07) is 10.7. The van der Waals surface area contributed by atoms with Crippen LogP contribution in [-0.2, 0) is 26.2 Å². The van der Waals surface area contributed by atoms with Gasteiger partial charge < -0.3 is 4.74 Å². The first-order chi connectivity index (χ1) is 13.9. The van der Waals surface area contributed by atoms with Crippen molar-refractivity contribution in [2.75, 3.05) is 5.75 Å². The van der Waals surface area contributed by atoms with E-state index in [-0.39, 0.29) is 17.9 Å². The molecular formula is C18H15N3O5S3. The van der Waals surface area contributed by atoms with E-state index in [0.29, 0.717) is 4.83 Å². The first-order valence-corrected chi connectivity index (χ1v) is 11.9. The average molecular weight is 450 g/mol. The molecule has 11 heteroatoms. The first-order valence-electron chi connectivity index (χ1n) is 8.51. The average Bonchev–Trinajstić information content (AvgIpc) is 3.37. The third-order valence-electron chi connectivity index (χ3n) is 4.03. The summed E-state index contributed by atoms with van der Waals surface area (Å²) in [6.45, 7) is 0.0680. The lowest BCUT2D eigenvalue weighted by Gasteiger charge is -2.07. The molecule has 0 aliphatic carbocycles. The maximum absolute atomic E-state index is 12.3. The molecule has 0 fully saturated rings. The van der Waals surface area contributed by atoms with E-state index in [2.05, 4.69) is 4.98 Å². The molecule has 1 N–H and O–H groups in total. The predicted molar refractivity (Wildman–Crippen MR) is 111 cm³/mol. The second-order valence-corrected chi connectivity index (χ2v) is 9.86. The van der Waals surface area contributed by atoms with Crippen LogP contribution in [0.2, 0.25) is 0 Å². The summed E-state index contributed by atoms with van der Waals surface area (Å²) in [5.41, 5.74) is 1.55. The third kappa shape index (κ3) is 4.47. The molecule has 3 aromatic heterocycles. The van der Waals surface area contributed by atoms with Crippen molar-refractivity contribution in [3.8, 4) is 0 Å². The number of thiophene rings is 1. The van der Waals surface area contributed by atoms with E-state index in [1.54, 1.807) is 18.2 Å². The molecule has 0 spiro atoms. The van der Waals surface area contributed by atoms with Crippen molar-refractivity contribution >= 4 is 59.9 Å². The molecule has 0 radical (unpaired) electrons. The van der Waals surface area contributed by atoms with E-state index in [1.165, 1.54) is 11.3 Å². The largest absolute Gasteiger partial charge is 0.461 e. The van der Waals surface area contributed by atoms with Crippen LogP contribution in [0.5, 0.6) is 0 Å². The molecule has 0 unspecified atom stereocenters. The van der Waals surface area contributed by atoms with Crippen LogP contribution < -0.4 is 4.72 Å². The number of benzene rings is 1. The van der Waals surface area contributed by atoms with Gasteiger partial charge in [0.15, 0.2) is 4.96 Å². The molecule has 4 aromatic rings. The Bertz CT molecular complexity index is 1290. The Morgan fingerprint density at radius 2 is 2.00 bits per heavy atom. The highest BCUT2D eigenvalue weighted by Gasteiger charge is 2.21. The number of ether oxygens (including phenoxy) is 1. The van der Waals surface area contributed by atoms with Crippen LogP contribution in [0.25, 0.3) is 15.3 Å². The van der Waals surface area contributed by atoms with Crippen LogP contribution in [0.15, 0.2) is 48.0 Å². The monoisotopic (exact) mass is 449 g/mol. The van der Waals surface area contributed by atoms with Crippen LogP contribution in [0, 0.1) is 0 Å². The fourth-order valence-corrected chi connectivity index (χ4v) is 5.32. The molecule has 0 aliphatic rings. The fraction of sp³-hybridized carbons (Fsp3) is 0.167. The van der Waals surface area contributed by atoms with Gasteiger partial charge in [0.2, 0.25) is 10.0 Å². The summed E-state index contributed by atoms with van der Waals surface area (Å²) in [7, 11) is -3.98. The number of rotatable bonds is 7. The number of hydrogen-bond donors (Lipinski definition) is 1. The summed E-state index contributed by atoms with van der Waals surface area (Å²) in [5, 5.41) is 1.88. The lowest BCUT2D eigenvalue weighted by molar-refractivity contribution is -0.144. The number of carbonyl (C=O) groups is 2. The minimum Gasteiger partial charge on any atom is -0.461 e. The number of sulfonamides is 1. The second-order valence-electron chi connectivity index (χ2n) is 6.11. The van der Waals surface area contributed by atoms with Crippen molar-refractivity contribution < 1.29 is 22.7 Å². The second kappa shape index (κ2) is 7.93. The molecule has 0 atom stereocenters. The number of imidazole rings is 1. The first kappa shape index (κ1) is 19.6. The normalized spacial score (nSPS) is 11.7. The highest BCUT2D eigenvalue weighted by atomic mass is 32.2. The molecule has 0 aliphatic heterocycles. The molecule has 150 valence electrons. The van der Waals surface area contributed by atoms with Gasteiger partial charge in [-0.25, -0.2) is 18.1 Å². The van der Waals surface area contributed by atoms with E-state index in [4.69, 9.17) is 4.74 Å². The molecule has 1 amide bonds. The summed E-state index contributed by atoms with van der Waals surface area (Å²) in [4.78, 5) is 30.2. The zero-order valence-corrected chi connectivity index (χ0v) is 17.4. The van der Waals surface area contributed by atoms with Crippen molar-refractivity contribution in [2.45, 2.75) is 13.0 Å². The van der Waals surface area contributed by atoms with Crippen LogP contribution in [0.1, 0.15) is 21.7 Å². The van der Waals surface area contributed by atoms with Gasteiger partial charge in [0.05, 0.1) is 22.6 Å². The Balaban J connectivity index is 1.33. The van der Waals surface area contributed by atoms with Gasteiger partial charge in [-0.3, -0.25) is 14.0 Å². The molecule has 4 rings (SSSR count). The van der Waals surface area contributed by atoms with E-state index in [0.717, 1.165) is 27.4 Å². The van der Waals surface area contributed by atoms with E-state index >= 15 is 0 Å².